The quantitative estimate of drug-likeness (QED) is 0.791. The second-order valence-electron chi connectivity index (χ2n) is 3.79. The lowest BCUT2D eigenvalue weighted by Crippen LogP contribution is -2.30. The third kappa shape index (κ3) is 2.56. The Morgan fingerprint density at radius 2 is 2.36 bits per heavy atom. The summed E-state index contributed by atoms with van der Waals surface area (Å²) in [5, 5.41) is 6.95. The summed E-state index contributed by atoms with van der Waals surface area (Å²) in [6, 6.07) is 5.18. The lowest BCUT2D eigenvalue weighted by Gasteiger charge is -2.09. The molecule has 1 aromatic rings. The molecule has 0 aromatic carbocycles. The molecule has 0 amide bonds. The van der Waals surface area contributed by atoms with Gasteiger partial charge < -0.3 is 10.6 Å². The molecule has 14 heavy (non-hydrogen) atoms. The molecule has 0 saturated carbocycles. The fourth-order valence-electron chi connectivity index (χ4n) is 1.78. The van der Waals surface area contributed by atoms with Gasteiger partial charge in [-0.05, 0) is 31.5 Å². The highest BCUT2D eigenvalue weighted by molar-refractivity contribution is 7.11. The highest BCUT2D eigenvalue weighted by Crippen LogP contribution is 2.16. The van der Waals surface area contributed by atoms with E-state index in [0.29, 0.717) is 6.04 Å². The normalized spacial score (nSPS) is 21.6. The van der Waals surface area contributed by atoms with E-state index >= 15 is 0 Å². The third-order valence-corrected chi connectivity index (χ3v) is 3.92. The fraction of sp³-hybridized carbons (Fsp3) is 0.636. The van der Waals surface area contributed by atoms with Crippen LogP contribution in [0.3, 0.4) is 0 Å². The molecule has 1 fully saturated rings. The Labute approximate surface area is 89.7 Å². The molecule has 2 heterocycles. The van der Waals surface area contributed by atoms with Gasteiger partial charge in [-0.3, -0.25) is 0 Å². The Morgan fingerprint density at radius 1 is 1.50 bits per heavy atom. The molecule has 1 aromatic heterocycles. The van der Waals surface area contributed by atoms with Crippen molar-refractivity contribution in [2.75, 3.05) is 13.1 Å². The molecule has 2 N–H and O–H groups in total. The van der Waals surface area contributed by atoms with Crippen LogP contribution in [0.25, 0.3) is 0 Å². The zero-order chi connectivity index (χ0) is 9.80. The number of aryl methyl sites for hydroxylation is 1. The summed E-state index contributed by atoms with van der Waals surface area (Å²) in [6.45, 7) is 5.55. The molecule has 1 aliphatic heterocycles. The molecule has 1 atom stereocenters. The Balaban J connectivity index is 1.79. The summed E-state index contributed by atoms with van der Waals surface area (Å²) >= 11 is 1.93. The molecule has 78 valence electrons. The Kier molecular flexibility index (Phi) is 3.56. The van der Waals surface area contributed by atoms with Crippen molar-refractivity contribution >= 4 is 11.3 Å². The molecule has 3 heteroatoms. The van der Waals surface area contributed by atoms with Crippen LogP contribution in [-0.2, 0) is 13.0 Å². The number of hydrogen-bond donors (Lipinski definition) is 2. The van der Waals surface area contributed by atoms with E-state index in [1.54, 1.807) is 0 Å². The summed E-state index contributed by atoms with van der Waals surface area (Å²) in [6.07, 6.45) is 2.43. The second-order valence-corrected chi connectivity index (χ2v) is 5.05. The summed E-state index contributed by atoms with van der Waals surface area (Å²) in [4.78, 5) is 2.96. The lowest BCUT2D eigenvalue weighted by molar-refractivity contribution is 0.551. The van der Waals surface area contributed by atoms with E-state index in [4.69, 9.17) is 0 Å². The van der Waals surface area contributed by atoms with E-state index in [9.17, 15) is 0 Å². The highest BCUT2D eigenvalue weighted by Gasteiger charge is 2.13. The average Bonchev–Trinajstić information content (AvgIpc) is 2.86. The van der Waals surface area contributed by atoms with Crippen molar-refractivity contribution in [2.45, 2.75) is 32.4 Å². The van der Waals surface area contributed by atoms with Crippen LogP contribution in [0.2, 0.25) is 0 Å². The van der Waals surface area contributed by atoms with Gasteiger partial charge in [0.2, 0.25) is 0 Å². The van der Waals surface area contributed by atoms with Crippen molar-refractivity contribution < 1.29 is 0 Å². The van der Waals surface area contributed by atoms with Gasteiger partial charge in [-0.2, -0.15) is 0 Å². The van der Waals surface area contributed by atoms with Crippen molar-refractivity contribution in [3.05, 3.63) is 21.9 Å². The van der Waals surface area contributed by atoms with E-state index in [2.05, 4.69) is 29.7 Å². The number of rotatable bonds is 4. The molecule has 0 spiro atoms. The standard InChI is InChI=1S/C11H18N2S/c1-2-10-3-4-11(14-10)8-13-9-5-6-12-7-9/h3-4,9,12-13H,2,5-8H2,1H3. The molecule has 1 saturated heterocycles. The topological polar surface area (TPSA) is 24.1 Å². The van der Waals surface area contributed by atoms with Crippen molar-refractivity contribution in [1.29, 1.82) is 0 Å². The number of nitrogens with one attached hydrogen (secondary N) is 2. The van der Waals surface area contributed by atoms with E-state index < -0.39 is 0 Å². The largest absolute Gasteiger partial charge is 0.315 e. The van der Waals surface area contributed by atoms with Gasteiger partial charge in [-0.1, -0.05) is 6.92 Å². The molecule has 0 radical (unpaired) electrons. The maximum Gasteiger partial charge on any atom is 0.0302 e. The van der Waals surface area contributed by atoms with Gasteiger partial charge in [0.15, 0.2) is 0 Å². The van der Waals surface area contributed by atoms with E-state index in [0.717, 1.165) is 19.5 Å². The minimum Gasteiger partial charge on any atom is -0.315 e. The maximum atomic E-state index is 3.58. The lowest BCUT2D eigenvalue weighted by atomic mass is 10.2. The van der Waals surface area contributed by atoms with Crippen molar-refractivity contribution in [3.8, 4) is 0 Å². The zero-order valence-electron chi connectivity index (χ0n) is 8.68. The number of thiophene rings is 1. The molecular formula is C11H18N2S. The van der Waals surface area contributed by atoms with Crippen LogP contribution in [0.5, 0.6) is 0 Å². The molecule has 0 aliphatic carbocycles. The van der Waals surface area contributed by atoms with Crippen LogP contribution >= 0.6 is 11.3 Å². The van der Waals surface area contributed by atoms with Crippen LogP contribution < -0.4 is 10.6 Å². The average molecular weight is 210 g/mol. The van der Waals surface area contributed by atoms with Crippen LogP contribution in [0, 0.1) is 0 Å². The first-order valence-electron chi connectivity index (χ1n) is 5.40. The van der Waals surface area contributed by atoms with Crippen molar-refractivity contribution in [3.63, 3.8) is 0 Å². The Morgan fingerprint density at radius 3 is 3.00 bits per heavy atom. The predicted octanol–water partition coefficient (Wildman–Crippen LogP) is 1.76. The number of hydrogen-bond acceptors (Lipinski definition) is 3. The second kappa shape index (κ2) is 4.91. The van der Waals surface area contributed by atoms with Gasteiger partial charge in [-0.15, -0.1) is 11.3 Å². The van der Waals surface area contributed by atoms with Crippen LogP contribution in [-0.4, -0.2) is 19.1 Å². The third-order valence-electron chi connectivity index (χ3n) is 2.69. The first-order valence-corrected chi connectivity index (χ1v) is 6.22. The Bertz CT molecular complexity index is 277. The summed E-state index contributed by atoms with van der Waals surface area (Å²) < 4.78 is 0. The van der Waals surface area contributed by atoms with Gasteiger partial charge in [0.1, 0.15) is 0 Å². The smallest absolute Gasteiger partial charge is 0.0302 e. The maximum absolute atomic E-state index is 3.58. The molecule has 2 rings (SSSR count). The van der Waals surface area contributed by atoms with E-state index in [-0.39, 0.29) is 0 Å². The first-order chi connectivity index (χ1) is 6.88. The zero-order valence-corrected chi connectivity index (χ0v) is 9.49. The minimum atomic E-state index is 0.683. The fourth-order valence-corrected chi connectivity index (χ4v) is 2.69. The van der Waals surface area contributed by atoms with Crippen LogP contribution in [0.15, 0.2) is 12.1 Å². The van der Waals surface area contributed by atoms with Gasteiger partial charge in [0.05, 0.1) is 0 Å². The molecule has 1 aliphatic rings. The van der Waals surface area contributed by atoms with E-state index in [1.807, 2.05) is 11.3 Å². The SMILES string of the molecule is CCc1ccc(CNC2CCNC2)s1. The molecular weight excluding hydrogens is 192 g/mol. The monoisotopic (exact) mass is 210 g/mol. The van der Waals surface area contributed by atoms with Gasteiger partial charge in [0, 0.05) is 28.9 Å². The summed E-state index contributed by atoms with van der Waals surface area (Å²) in [7, 11) is 0. The summed E-state index contributed by atoms with van der Waals surface area (Å²) in [5.74, 6) is 0. The van der Waals surface area contributed by atoms with E-state index in [1.165, 1.54) is 22.7 Å². The van der Waals surface area contributed by atoms with Gasteiger partial charge >= 0.3 is 0 Å². The van der Waals surface area contributed by atoms with Crippen molar-refractivity contribution in [2.24, 2.45) is 0 Å². The van der Waals surface area contributed by atoms with Gasteiger partial charge in [0.25, 0.3) is 0 Å². The molecule has 0 bridgehead atoms. The molecule has 2 nitrogen and oxygen atoms in total. The predicted molar refractivity (Wildman–Crippen MR) is 61.8 cm³/mol. The van der Waals surface area contributed by atoms with Crippen molar-refractivity contribution in [1.82, 2.24) is 10.6 Å². The van der Waals surface area contributed by atoms with Gasteiger partial charge in [-0.25, -0.2) is 0 Å². The first kappa shape index (κ1) is 10.1. The van der Waals surface area contributed by atoms with Crippen LogP contribution in [0.1, 0.15) is 23.1 Å². The highest BCUT2D eigenvalue weighted by atomic mass is 32.1. The summed E-state index contributed by atoms with van der Waals surface area (Å²) in [5.41, 5.74) is 0. The molecule has 1 unspecified atom stereocenters. The Hall–Kier alpha value is -0.380. The minimum absolute atomic E-state index is 0.683. The van der Waals surface area contributed by atoms with Crippen LogP contribution in [0.4, 0.5) is 0 Å².